The van der Waals surface area contributed by atoms with Gasteiger partial charge >= 0.3 is 0 Å². The molecular formula is C20H26Si. The molecule has 0 atom stereocenters. The van der Waals surface area contributed by atoms with E-state index in [1.165, 1.54) is 51.4 Å². The minimum Gasteiger partial charge on any atom is -0.0685 e. The maximum absolute atomic E-state index is 2.58. The van der Waals surface area contributed by atoms with E-state index in [0.717, 1.165) is 0 Å². The summed E-state index contributed by atoms with van der Waals surface area (Å²) in [5.41, 5.74) is 3.49. The molecule has 0 aromatic carbocycles. The molecule has 0 amide bonds. The van der Waals surface area contributed by atoms with Crippen LogP contribution in [-0.2, 0) is 0 Å². The highest BCUT2D eigenvalue weighted by Gasteiger charge is 2.54. The lowest BCUT2D eigenvalue weighted by molar-refractivity contribution is 0.593. The highest BCUT2D eigenvalue weighted by molar-refractivity contribution is 6.90. The summed E-state index contributed by atoms with van der Waals surface area (Å²) in [6, 6.07) is 0. The van der Waals surface area contributed by atoms with E-state index in [1.807, 2.05) is 0 Å². The lowest BCUT2D eigenvalue weighted by atomic mass is 9.81. The maximum Gasteiger partial charge on any atom is 0.0626 e. The zero-order valence-corrected chi connectivity index (χ0v) is 14.5. The molecule has 0 aliphatic heterocycles. The van der Waals surface area contributed by atoms with Crippen LogP contribution in [0.3, 0.4) is 0 Å². The molecule has 21 heavy (non-hydrogen) atoms. The molecule has 0 heterocycles. The molecule has 0 N–H and O–H groups in total. The first-order valence-corrected chi connectivity index (χ1v) is 11.7. The van der Waals surface area contributed by atoms with E-state index in [2.05, 4.69) is 38.8 Å². The molecule has 4 saturated carbocycles. The molecule has 0 aromatic heterocycles. The first-order chi connectivity index (χ1) is 10.2. The van der Waals surface area contributed by atoms with Crippen LogP contribution in [0.15, 0.2) is 0 Å². The largest absolute Gasteiger partial charge is 0.0685 e. The van der Waals surface area contributed by atoms with Crippen molar-refractivity contribution in [1.29, 1.82) is 0 Å². The molecule has 0 saturated heterocycles. The van der Waals surface area contributed by atoms with Gasteiger partial charge in [0, 0.05) is 0 Å². The molecule has 4 aliphatic rings. The number of hydrogen-bond donors (Lipinski definition) is 0. The summed E-state index contributed by atoms with van der Waals surface area (Å²) in [5.74, 6) is 6.81. The average molecular weight is 295 g/mol. The quantitative estimate of drug-likeness (QED) is 0.613. The Hall–Kier alpha value is 0.217. The van der Waals surface area contributed by atoms with Crippen molar-refractivity contribution in [2.45, 2.75) is 64.5 Å². The van der Waals surface area contributed by atoms with Gasteiger partial charge in [0.2, 0.25) is 0 Å². The zero-order valence-electron chi connectivity index (χ0n) is 13.5. The molecule has 0 bridgehead atoms. The molecule has 4 fully saturated rings. The predicted molar refractivity (Wildman–Crippen MR) is 91.1 cm³/mol. The lowest BCUT2D eigenvalue weighted by Crippen LogP contribution is -2.46. The van der Waals surface area contributed by atoms with Crippen molar-refractivity contribution in [1.82, 2.24) is 0 Å². The van der Waals surface area contributed by atoms with Crippen LogP contribution in [0.5, 0.6) is 0 Å². The van der Waals surface area contributed by atoms with Crippen molar-refractivity contribution < 1.29 is 0 Å². The first-order valence-electron chi connectivity index (χ1n) is 8.74. The van der Waals surface area contributed by atoms with Crippen molar-refractivity contribution in [3.63, 3.8) is 0 Å². The summed E-state index contributed by atoms with van der Waals surface area (Å²) in [5, 5.41) is 0. The van der Waals surface area contributed by atoms with Gasteiger partial charge in [0.05, 0.1) is 8.07 Å². The van der Waals surface area contributed by atoms with E-state index < -0.39 is 8.07 Å². The van der Waals surface area contributed by atoms with Crippen LogP contribution in [0.4, 0.5) is 0 Å². The van der Waals surface area contributed by atoms with E-state index in [1.54, 1.807) is 34.8 Å². The molecule has 0 unspecified atom stereocenters. The van der Waals surface area contributed by atoms with Crippen LogP contribution in [0, 0.1) is 60.4 Å². The summed E-state index contributed by atoms with van der Waals surface area (Å²) in [6.07, 6.45) is 20.7. The van der Waals surface area contributed by atoms with Gasteiger partial charge < -0.3 is 0 Å². The highest BCUT2D eigenvalue weighted by atomic mass is 28.3. The third-order valence-corrected chi connectivity index (χ3v) is 9.55. The van der Waals surface area contributed by atoms with Crippen molar-refractivity contribution in [3.05, 3.63) is 60.4 Å². The molecule has 110 valence electrons. The zero-order chi connectivity index (χ0) is 14.4. The Labute approximate surface area is 133 Å². The second-order valence-electron chi connectivity index (χ2n) is 7.54. The van der Waals surface area contributed by atoms with Crippen molar-refractivity contribution in [3.8, 4) is 0 Å². The molecule has 4 rings (SSSR count). The summed E-state index contributed by atoms with van der Waals surface area (Å²) >= 11 is 0. The monoisotopic (exact) mass is 294 g/mol. The molecule has 4 aliphatic carbocycles. The fourth-order valence-corrected chi connectivity index (χ4v) is 8.10. The van der Waals surface area contributed by atoms with Gasteiger partial charge in [-0.05, 0) is 86.1 Å². The molecule has 0 nitrogen and oxygen atoms in total. The Kier molecular flexibility index (Phi) is 4.01. The number of rotatable bonds is 2. The van der Waals surface area contributed by atoms with E-state index in [4.69, 9.17) is 0 Å². The molecule has 0 spiro atoms. The smallest absolute Gasteiger partial charge is 0.0626 e. The Bertz CT molecular complexity index is 340. The lowest BCUT2D eigenvalue weighted by Gasteiger charge is -2.43. The summed E-state index contributed by atoms with van der Waals surface area (Å²) in [6.45, 7) is 5.17. The minimum atomic E-state index is -1.51. The topological polar surface area (TPSA) is 0 Å². The fraction of sp³-hybridized carbons (Fsp3) is 0.500. The van der Waals surface area contributed by atoms with E-state index in [-0.39, 0.29) is 0 Å². The van der Waals surface area contributed by atoms with Crippen molar-refractivity contribution >= 4 is 8.07 Å². The van der Waals surface area contributed by atoms with Crippen LogP contribution in [0.2, 0.25) is 13.1 Å². The van der Waals surface area contributed by atoms with Gasteiger partial charge in [-0.1, -0.05) is 38.8 Å². The Morgan fingerprint density at radius 2 is 1.05 bits per heavy atom. The van der Waals surface area contributed by atoms with Gasteiger partial charge in [0.25, 0.3) is 0 Å². The van der Waals surface area contributed by atoms with E-state index >= 15 is 0 Å². The van der Waals surface area contributed by atoms with Crippen LogP contribution >= 0.6 is 0 Å². The van der Waals surface area contributed by atoms with Gasteiger partial charge in [-0.2, -0.15) is 0 Å². The standard InChI is InChI=1S/C20H26Si/c1-21(2,19-13-11-15-7-3-5-9-17(15)19)20-14-12-16-8-4-6-10-18(16)20/h11-14H,3-10H2,1-2H3. The molecule has 0 aromatic rings. The molecular weight excluding hydrogens is 268 g/mol. The maximum atomic E-state index is 2.58. The number of hydrogen-bond acceptors (Lipinski definition) is 0. The van der Waals surface area contributed by atoms with Crippen LogP contribution in [-0.4, -0.2) is 8.07 Å². The van der Waals surface area contributed by atoms with Gasteiger partial charge in [0.15, 0.2) is 0 Å². The third kappa shape index (κ3) is 2.46. The Morgan fingerprint density at radius 3 is 1.52 bits per heavy atom. The fourth-order valence-electron chi connectivity index (χ4n) is 4.73. The third-order valence-electron chi connectivity index (χ3n) is 5.92. The van der Waals surface area contributed by atoms with Crippen LogP contribution < -0.4 is 0 Å². The normalized spacial score (nSPS) is 31.7. The predicted octanol–water partition coefficient (Wildman–Crippen LogP) is 5.21. The average Bonchev–Trinajstić information content (AvgIpc) is 3.12. The van der Waals surface area contributed by atoms with Crippen LogP contribution in [0.1, 0.15) is 51.4 Å². The summed E-state index contributed by atoms with van der Waals surface area (Å²) < 4.78 is 0. The summed E-state index contributed by atoms with van der Waals surface area (Å²) in [7, 11) is -1.51. The van der Waals surface area contributed by atoms with Gasteiger partial charge in [-0.25, -0.2) is 0 Å². The SMILES string of the molecule is C[Si](C)([C]1[CH][CH][C]2CCCC[C]21)[C]1[CH][CH][C]2CCCC[C]21. The minimum absolute atomic E-state index is 1.32. The second kappa shape index (κ2) is 5.69. The summed E-state index contributed by atoms with van der Waals surface area (Å²) in [4.78, 5) is 0. The first kappa shape index (κ1) is 14.8. The Morgan fingerprint density at radius 1 is 0.619 bits per heavy atom. The second-order valence-corrected chi connectivity index (χ2v) is 11.9. The number of fused-ring (bicyclic) bond motifs is 2. The van der Waals surface area contributed by atoms with Gasteiger partial charge in [-0.3, -0.25) is 0 Å². The van der Waals surface area contributed by atoms with Crippen molar-refractivity contribution in [2.24, 2.45) is 0 Å². The Balaban J connectivity index is 1.52. The van der Waals surface area contributed by atoms with E-state index in [9.17, 15) is 0 Å². The van der Waals surface area contributed by atoms with Gasteiger partial charge in [0.1, 0.15) is 0 Å². The van der Waals surface area contributed by atoms with Gasteiger partial charge in [-0.15, -0.1) is 0 Å². The molecule has 1 heteroatoms. The highest BCUT2D eigenvalue weighted by Crippen LogP contribution is 2.59. The van der Waals surface area contributed by atoms with Crippen molar-refractivity contribution in [2.75, 3.05) is 0 Å². The molecule has 10 radical (unpaired) electrons. The van der Waals surface area contributed by atoms with E-state index in [0.29, 0.717) is 0 Å². The van der Waals surface area contributed by atoms with Crippen LogP contribution in [0.25, 0.3) is 0 Å².